The van der Waals surface area contributed by atoms with Gasteiger partial charge in [0.1, 0.15) is 19.3 Å². The Morgan fingerprint density at radius 2 is 1.36 bits per heavy atom. The van der Waals surface area contributed by atoms with Crippen LogP contribution in [0.15, 0.2) is 36.5 Å². The van der Waals surface area contributed by atoms with Gasteiger partial charge in [-0.2, -0.15) is 0 Å². The Labute approximate surface area is 238 Å². The summed E-state index contributed by atoms with van der Waals surface area (Å²) >= 11 is 0. The van der Waals surface area contributed by atoms with Crippen molar-refractivity contribution >= 4 is 13.8 Å². The average molecular weight is 575 g/mol. The Kier molecular flexibility index (Phi) is 23.7. The molecule has 0 bridgehead atoms. The number of unbranched alkanes of at least 4 members (excludes halogenated alkanes) is 8. The molecule has 0 rings (SSSR count). The van der Waals surface area contributed by atoms with Crippen molar-refractivity contribution < 1.29 is 37.3 Å². The second kappa shape index (κ2) is 24.5. The van der Waals surface area contributed by atoms with Gasteiger partial charge in [-0.25, -0.2) is 4.57 Å². The van der Waals surface area contributed by atoms with E-state index in [1.807, 2.05) is 21.1 Å². The summed E-state index contributed by atoms with van der Waals surface area (Å²) in [5, 5.41) is 0. The van der Waals surface area contributed by atoms with Crippen LogP contribution in [0.25, 0.3) is 0 Å². The molecule has 0 aliphatic heterocycles. The van der Waals surface area contributed by atoms with Crippen LogP contribution in [0.2, 0.25) is 0 Å². The molecule has 0 fully saturated rings. The van der Waals surface area contributed by atoms with E-state index in [0.29, 0.717) is 17.6 Å². The van der Waals surface area contributed by atoms with Gasteiger partial charge >= 0.3 is 13.8 Å². The van der Waals surface area contributed by atoms with Crippen molar-refractivity contribution in [1.82, 2.24) is 0 Å². The van der Waals surface area contributed by atoms with Gasteiger partial charge in [-0.15, -0.1) is 0 Å². The van der Waals surface area contributed by atoms with Gasteiger partial charge in [-0.3, -0.25) is 13.8 Å². The van der Waals surface area contributed by atoms with Gasteiger partial charge in [0.05, 0.1) is 34.4 Å². The van der Waals surface area contributed by atoms with Gasteiger partial charge < -0.3 is 18.9 Å². The monoisotopic (exact) mass is 574 g/mol. The smallest absolute Gasteiger partial charge is 0.458 e. The predicted octanol–water partition coefficient (Wildman–Crippen LogP) is 7.14. The number of carbonyl (C=O) groups is 1. The lowest BCUT2D eigenvalue weighted by atomic mass is 10.1. The normalized spacial score (nSPS) is 14.9. The summed E-state index contributed by atoms with van der Waals surface area (Å²) < 4.78 is 33.5. The molecule has 0 aromatic carbocycles. The number of phosphoric ester groups is 1. The van der Waals surface area contributed by atoms with Crippen molar-refractivity contribution in [2.24, 2.45) is 0 Å². The lowest BCUT2D eigenvalue weighted by Crippen LogP contribution is -2.37. The van der Waals surface area contributed by atoms with E-state index >= 15 is 0 Å². The quantitative estimate of drug-likeness (QED) is 0.0386. The lowest BCUT2D eigenvalue weighted by Gasteiger charge is -2.24. The molecule has 0 aromatic rings. The van der Waals surface area contributed by atoms with Gasteiger partial charge in [-0.1, -0.05) is 81.9 Å². The van der Waals surface area contributed by atoms with Gasteiger partial charge in [0.2, 0.25) is 0 Å². The third-order valence-electron chi connectivity index (χ3n) is 5.77. The van der Waals surface area contributed by atoms with E-state index in [4.69, 9.17) is 18.5 Å². The molecule has 39 heavy (non-hydrogen) atoms. The summed E-state index contributed by atoms with van der Waals surface area (Å²) in [6.45, 7) is 4.47. The van der Waals surface area contributed by atoms with Crippen LogP contribution in [0.5, 0.6) is 0 Å². The maximum absolute atomic E-state index is 12.1. The van der Waals surface area contributed by atoms with E-state index in [1.165, 1.54) is 51.9 Å². The van der Waals surface area contributed by atoms with Crippen LogP contribution in [-0.4, -0.2) is 75.6 Å². The average Bonchev–Trinajstić information content (AvgIpc) is 2.84. The van der Waals surface area contributed by atoms with Crippen LogP contribution in [0.4, 0.5) is 0 Å². The molecule has 0 aliphatic rings. The van der Waals surface area contributed by atoms with E-state index in [2.05, 4.69) is 43.4 Å². The highest BCUT2D eigenvalue weighted by Crippen LogP contribution is 2.43. The lowest BCUT2D eigenvalue weighted by molar-refractivity contribution is -0.870. The zero-order chi connectivity index (χ0) is 29.2. The second-order valence-electron chi connectivity index (χ2n) is 10.8. The molecular weight excluding hydrogens is 517 g/mol. The van der Waals surface area contributed by atoms with Crippen molar-refractivity contribution in [1.29, 1.82) is 0 Å². The number of rotatable bonds is 26. The van der Waals surface area contributed by atoms with Gasteiger partial charge in [0.25, 0.3) is 0 Å². The fourth-order valence-electron chi connectivity index (χ4n) is 3.56. The van der Waals surface area contributed by atoms with Crippen LogP contribution in [0.1, 0.15) is 90.9 Å². The van der Waals surface area contributed by atoms with Gasteiger partial charge in [0, 0.05) is 13.5 Å². The molecule has 0 spiro atoms. The number of hydrogen-bond acceptors (Lipinski definition) is 6. The molecule has 0 heterocycles. The third-order valence-corrected chi connectivity index (χ3v) is 6.75. The van der Waals surface area contributed by atoms with Crippen LogP contribution in [0.3, 0.4) is 0 Å². The first kappa shape index (κ1) is 37.7. The first-order valence-corrected chi connectivity index (χ1v) is 16.2. The number of allylic oxidation sites excluding steroid dienone is 6. The Morgan fingerprint density at radius 1 is 0.795 bits per heavy atom. The van der Waals surface area contributed by atoms with Crippen LogP contribution < -0.4 is 0 Å². The van der Waals surface area contributed by atoms with Crippen molar-refractivity contribution in [2.45, 2.75) is 97.0 Å². The molecule has 9 heteroatoms. The van der Waals surface area contributed by atoms with Crippen molar-refractivity contribution in [3.05, 3.63) is 36.5 Å². The standard InChI is InChI=1S/C30H56NO7P/c1-6-7-8-9-10-11-12-13-14-15-16-17-18-19-20-21-22-23-25-35-27-30(38-29(2)32)28-37-39(33,34)36-26-24-31(3,4)5/h7-8,10-11,13-14,30H,6,9,12,15-28H2,1-5H3/p+1/b8-7-,11-10-,14-13-. The molecule has 0 saturated carbocycles. The molecule has 0 saturated heterocycles. The largest absolute Gasteiger partial charge is 0.472 e. The molecule has 0 aliphatic carbocycles. The van der Waals surface area contributed by atoms with Crippen LogP contribution in [-0.2, 0) is 27.9 Å². The number of hydrogen-bond donors (Lipinski definition) is 1. The zero-order valence-corrected chi connectivity index (χ0v) is 26.2. The zero-order valence-electron chi connectivity index (χ0n) is 25.4. The minimum atomic E-state index is -4.22. The van der Waals surface area contributed by atoms with Crippen molar-refractivity contribution in [3.63, 3.8) is 0 Å². The third kappa shape index (κ3) is 29.5. The van der Waals surface area contributed by atoms with Crippen molar-refractivity contribution in [3.8, 4) is 0 Å². The van der Waals surface area contributed by atoms with Gasteiger partial charge in [0.15, 0.2) is 0 Å². The number of nitrogens with zero attached hydrogens (tertiary/aromatic N) is 1. The first-order chi connectivity index (χ1) is 18.6. The number of carbonyl (C=O) groups excluding carboxylic acids is 1. The molecule has 0 aromatic heterocycles. The first-order valence-electron chi connectivity index (χ1n) is 14.7. The summed E-state index contributed by atoms with van der Waals surface area (Å²) in [4.78, 5) is 21.2. The molecule has 2 atom stereocenters. The van der Waals surface area contributed by atoms with E-state index in [-0.39, 0.29) is 19.8 Å². The highest BCUT2D eigenvalue weighted by Gasteiger charge is 2.25. The molecule has 228 valence electrons. The van der Waals surface area contributed by atoms with E-state index in [0.717, 1.165) is 32.1 Å². The summed E-state index contributed by atoms with van der Waals surface area (Å²) in [7, 11) is 1.64. The van der Waals surface area contributed by atoms with Gasteiger partial charge in [-0.05, 0) is 38.5 Å². The predicted molar refractivity (Wildman–Crippen MR) is 159 cm³/mol. The molecule has 1 N–H and O–H groups in total. The fraction of sp³-hybridized carbons (Fsp3) is 0.767. The SMILES string of the molecule is CC/C=C\C/C=C\C/C=C\CCCCCCCCCCOCC(COP(=O)(O)OCC[N+](C)(C)C)OC(C)=O. The number of phosphoric acid groups is 1. The fourth-order valence-corrected chi connectivity index (χ4v) is 4.31. The Hall–Kier alpha value is -1.28. The number of quaternary nitrogens is 1. The highest BCUT2D eigenvalue weighted by molar-refractivity contribution is 7.47. The molecule has 8 nitrogen and oxygen atoms in total. The maximum atomic E-state index is 12.1. The second-order valence-corrected chi connectivity index (χ2v) is 12.3. The summed E-state index contributed by atoms with van der Waals surface area (Å²) in [5.41, 5.74) is 0. The molecule has 2 unspecified atom stereocenters. The molecular formula is C30H57NO7P+. The summed E-state index contributed by atoms with van der Waals surface area (Å²) in [5.74, 6) is -0.495. The van der Waals surface area contributed by atoms with E-state index in [1.54, 1.807) is 0 Å². The molecule has 0 amide bonds. The minimum Gasteiger partial charge on any atom is -0.458 e. The highest BCUT2D eigenvalue weighted by atomic mass is 31.2. The minimum absolute atomic E-state index is 0.0825. The van der Waals surface area contributed by atoms with Crippen LogP contribution in [0, 0.1) is 0 Å². The Balaban J connectivity index is 3.77. The summed E-state index contributed by atoms with van der Waals surface area (Å²) in [6.07, 6.45) is 26.5. The Bertz CT molecular complexity index is 731. The van der Waals surface area contributed by atoms with Crippen molar-refractivity contribution in [2.75, 3.05) is 54.1 Å². The topological polar surface area (TPSA) is 91.3 Å². The molecule has 0 radical (unpaired) electrons. The Morgan fingerprint density at radius 3 is 1.95 bits per heavy atom. The van der Waals surface area contributed by atoms with Crippen LogP contribution >= 0.6 is 7.82 Å². The summed E-state index contributed by atoms with van der Waals surface area (Å²) in [6, 6.07) is 0. The number of esters is 1. The van der Waals surface area contributed by atoms with E-state index in [9.17, 15) is 14.3 Å². The number of likely N-dealkylation sites (N-methyl/N-ethyl adjacent to an activating group) is 1. The maximum Gasteiger partial charge on any atom is 0.472 e. The number of ether oxygens (including phenoxy) is 2. The van der Waals surface area contributed by atoms with E-state index < -0.39 is 19.9 Å².